The number of hydrogen-bond donors (Lipinski definition) is 1. The molecule has 2 N–H and O–H groups in total. The van der Waals surface area contributed by atoms with Crippen LogP contribution in [-0.4, -0.2) is 32.6 Å². The van der Waals surface area contributed by atoms with Gasteiger partial charge >= 0.3 is 35.7 Å². The topological polar surface area (TPSA) is 72.9 Å². The van der Waals surface area contributed by atoms with Gasteiger partial charge in [-0.3, -0.25) is 0 Å². The zero-order valence-corrected chi connectivity index (χ0v) is 24.7. The molecule has 39 heavy (non-hydrogen) atoms. The minimum Gasteiger partial charge on any atom is -0.383 e. The van der Waals surface area contributed by atoms with Crippen LogP contribution in [0, 0.1) is 27.6 Å². The fourth-order valence-corrected chi connectivity index (χ4v) is 5.16. The molecule has 1 fully saturated rings. The van der Waals surface area contributed by atoms with E-state index in [2.05, 4.69) is 32.9 Å². The van der Waals surface area contributed by atoms with Gasteiger partial charge < -0.3 is 37.0 Å². The number of nitrogens with two attached hydrogens (primary N) is 1. The van der Waals surface area contributed by atoms with Gasteiger partial charge in [-0.15, -0.1) is 6.54 Å². The summed E-state index contributed by atoms with van der Waals surface area (Å²) >= 11 is 0. The van der Waals surface area contributed by atoms with Crippen molar-refractivity contribution < 1.29 is 47.1 Å². The number of nitrogens with zero attached hydrogens (tertiary/aromatic N) is 5. The summed E-state index contributed by atoms with van der Waals surface area (Å²) in [5.41, 5.74) is 7.66. The van der Waals surface area contributed by atoms with Gasteiger partial charge in [-0.2, -0.15) is 13.2 Å². The third-order valence-corrected chi connectivity index (χ3v) is 6.99. The van der Waals surface area contributed by atoms with Crippen LogP contribution in [0.1, 0.15) is 55.0 Å². The molecule has 6 nitrogen and oxygen atoms in total. The second-order valence-corrected chi connectivity index (χ2v) is 9.21. The number of allylic oxidation sites excluding steroid dienone is 2. The van der Waals surface area contributed by atoms with Crippen molar-refractivity contribution in [1.82, 2.24) is 19.5 Å². The van der Waals surface area contributed by atoms with Gasteiger partial charge in [0.2, 0.25) is 0 Å². The maximum Gasteiger partial charge on any atom is 1.00 e. The van der Waals surface area contributed by atoms with E-state index in [4.69, 9.17) is 5.73 Å². The third-order valence-electron chi connectivity index (χ3n) is 6.99. The van der Waals surface area contributed by atoms with E-state index < -0.39 is 17.6 Å². The summed E-state index contributed by atoms with van der Waals surface area (Å²) in [6, 6.07) is 2.98. The van der Waals surface area contributed by atoms with E-state index in [1.54, 1.807) is 6.20 Å². The number of anilines is 2. The molecule has 0 unspecified atom stereocenters. The maximum absolute atomic E-state index is 13.8. The van der Waals surface area contributed by atoms with Gasteiger partial charge in [0.05, 0.1) is 16.8 Å². The molecule has 1 saturated heterocycles. The van der Waals surface area contributed by atoms with Crippen LogP contribution in [0.5, 0.6) is 0 Å². The quantitative estimate of drug-likeness (QED) is 0.297. The molecule has 0 radical (unpaired) electrons. The summed E-state index contributed by atoms with van der Waals surface area (Å²) in [6.45, 7) is 5.80. The minimum absolute atomic E-state index is 0. The van der Waals surface area contributed by atoms with Gasteiger partial charge in [0, 0.05) is 30.8 Å². The van der Waals surface area contributed by atoms with E-state index in [9.17, 15) is 17.6 Å². The predicted octanol–water partition coefficient (Wildman–Crippen LogP) is 3.77. The van der Waals surface area contributed by atoms with Crippen molar-refractivity contribution in [1.29, 1.82) is 0 Å². The smallest absolute Gasteiger partial charge is 0.383 e. The van der Waals surface area contributed by atoms with Gasteiger partial charge in [0.15, 0.2) is 0 Å². The molecule has 1 aliphatic heterocycles. The van der Waals surface area contributed by atoms with Crippen LogP contribution in [0.15, 0.2) is 36.8 Å². The Bertz CT molecular complexity index is 1300. The van der Waals surface area contributed by atoms with Crippen molar-refractivity contribution >= 4 is 17.2 Å². The van der Waals surface area contributed by atoms with Crippen LogP contribution in [0.2, 0.25) is 0 Å². The molecule has 1 aromatic carbocycles. The van der Waals surface area contributed by atoms with E-state index in [1.165, 1.54) is 18.0 Å². The van der Waals surface area contributed by atoms with E-state index in [0.29, 0.717) is 18.1 Å². The summed E-state index contributed by atoms with van der Waals surface area (Å²) in [5.74, 6) is 0.922. The van der Waals surface area contributed by atoms with Crippen molar-refractivity contribution in [2.45, 2.75) is 50.7 Å². The zero-order valence-electron chi connectivity index (χ0n) is 22.7. The Kier molecular flexibility index (Phi) is 11.2. The van der Waals surface area contributed by atoms with Crippen molar-refractivity contribution in [2.24, 2.45) is 0 Å². The van der Waals surface area contributed by atoms with Gasteiger partial charge in [0.1, 0.15) is 29.6 Å². The Morgan fingerprint density at radius 1 is 1.10 bits per heavy atom. The molecule has 206 valence electrons. The van der Waals surface area contributed by atoms with Crippen molar-refractivity contribution in [3.05, 3.63) is 81.3 Å². The molecule has 0 spiro atoms. The SMILES string of the molecule is [CH2-]Cn1cc(-c2ccc(F)c(C(F)(F)F)c2)nc1C1CCN(c2ncnc(N)c2C2=CCCC2)CC1.[CH3-].[CH3-].[Na+]. The van der Waals surface area contributed by atoms with Crippen molar-refractivity contribution in [3.8, 4) is 11.3 Å². The second kappa shape index (κ2) is 13.3. The Morgan fingerprint density at radius 3 is 2.44 bits per heavy atom. The molecule has 3 aromatic rings. The Morgan fingerprint density at radius 2 is 1.82 bits per heavy atom. The number of imidazole rings is 1. The monoisotopic (exact) mass is 552 g/mol. The number of piperidine rings is 1. The van der Waals surface area contributed by atoms with Crippen LogP contribution in [-0.2, 0) is 12.7 Å². The number of halogens is 4. The first-order valence-electron chi connectivity index (χ1n) is 12.0. The zero-order chi connectivity index (χ0) is 25.4. The van der Waals surface area contributed by atoms with Crippen LogP contribution < -0.4 is 40.2 Å². The molecule has 5 rings (SSSR count). The molecule has 0 saturated carbocycles. The number of alkyl halides is 3. The number of rotatable bonds is 5. The summed E-state index contributed by atoms with van der Waals surface area (Å²) < 4.78 is 55.3. The standard InChI is InChI=1S/C26H27F4N6.2CH3.Na/c1-2-35-14-21(18-7-8-20(27)19(13-18)26(28,29)30)34-24(35)17-9-11-36(12-10-17)25-22(16-5-3-4-6-16)23(31)32-15-33-25;;;/h5,7-8,13-15,17H,1-4,6,9-12H2,(H2,31,32,33);2*1H3;/q3*-1;+1. The van der Waals surface area contributed by atoms with Gasteiger partial charge in [-0.25, -0.2) is 19.3 Å². The van der Waals surface area contributed by atoms with Gasteiger partial charge in [-0.05, 0) is 55.9 Å². The number of hydrogen-bond acceptors (Lipinski definition) is 5. The summed E-state index contributed by atoms with van der Waals surface area (Å²) in [5, 5.41) is 0. The number of benzene rings is 1. The molecule has 0 amide bonds. The second-order valence-electron chi connectivity index (χ2n) is 9.21. The summed E-state index contributed by atoms with van der Waals surface area (Å²) in [4.78, 5) is 15.7. The fourth-order valence-electron chi connectivity index (χ4n) is 5.16. The van der Waals surface area contributed by atoms with Crippen LogP contribution in [0.4, 0.5) is 29.2 Å². The Balaban J connectivity index is 0.00000178. The first-order valence-corrected chi connectivity index (χ1v) is 12.0. The molecular weight excluding hydrogens is 519 g/mol. The number of nitrogen functional groups attached to an aromatic ring is 1. The van der Waals surface area contributed by atoms with Gasteiger partial charge in [-0.1, -0.05) is 6.08 Å². The minimum atomic E-state index is -4.78. The van der Waals surface area contributed by atoms with Crippen molar-refractivity contribution in [2.75, 3.05) is 23.7 Å². The molecule has 0 atom stereocenters. The average Bonchev–Trinajstić information content (AvgIpc) is 3.54. The van der Waals surface area contributed by atoms with E-state index in [1.807, 2.05) is 4.57 Å². The van der Waals surface area contributed by atoms with Crippen LogP contribution in [0.3, 0.4) is 0 Å². The molecule has 0 bridgehead atoms. The Labute approximate surface area is 250 Å². The normalized spacial score (nSPS) is 15.7. The number of aromatic nitrogens is 4. The summed E-state index contributed by atoms with van der Waals surface area (Å²) in [6.07, 6.45) is 5.28. The molecule has 11 heteroatoms. The average molecular weight is 553 g/mol. The van der Waals surface area contributed by atoms with E-state index in [-0.39, 0.29) is 55.9 Å². The van der Waals surface area contributed by atoms with E-state index >= 15 is 0 Å². The van der Waals surface area contributed by atoms with Crippen molar-refractivity contribution in [3.63, 3.8) is 0 Å². The van der Waals surface area contributed by atoms with Crippen LogP contribution >= 0.6 is 0 Å². The van der Waals surface area contributed by atoms with Crippen LogP contribution in [0.25, 0.3) is 16.8 Å². The fraction of sp³-hybridized carbons (Fsp3) is 0.357. The molecule has 2 aromatic heterocycles. The summed E-state index contributed by atoms with van der Waals surface area (Å²) in [7, 11) is 0. The molecule has 3 heterocycles. The van der Waals surface area contributed by atoms with Gasteiger partial charge in [0.25, 0.3) is 0 Å². The molecule has 1 aliphatic carbocycles. The van der Waals surface area contributed by atoms with E-state index in [0.717, 1.165) is 74.5 Å². The predicted molar refractivity (Wildman–Crippen MR) is 143 cm³/mol. The Hall–Kier alpha value is -2.43. The maximum atomic E-state index is 13.8. The largest absolute Gasteiger partial charge is 1.00 e. The molecule has 2 aliphatic rings. The molecular formula is C28H33F4N6Na-2. The first-order chi connectivity index (χ1) is 17.3. The third kappa shape index (κ3) is 6.66. The first kappa shape index (κ1) is 32.8.